The molecule has 4 nitrogen and oxygen atoms in total. The lowest BCUT2D eigenvalue weighted by molar-refractivity contribution is 0.173. The van der Waals surface area contributed by atoms with Gasteiger partial charge in [-0.25, -0.2) is 9.97 Å². The van der Waals surface area contributed by atoms with Crippen LogP contribution in [0.25, 0.3) is 0 Å². The van der Waals surface area contributed by atoms with Crippen molar-refractivity contribution in [1.29, 1.82) is 0 Å². The Morgan fingerprint density at radius 3 is 3.00 bits per heavy atom. The Balaban J connectivity index is 1.73. The molecule has 0 aromatic carbocycles. The van der Waals surface area contributed by atoms with Gasteiger partial charge in [0.15, 0.2) is 0 Å². The molecule has 88 valence electrons. The Morgan fingerprint density at radius 1 is 1.50 bits per heavy atom. The van der Waals surface area contributed by atoms with Crippen molar-refractivity contribution in [2.24, 2.45) is 0 Å². The Hall–Kier alpha value is -0.810. The molecular formula is C11H18N4S. The molecule has 0 aliphatic carbocycles. The lowest BCUT2D eigenvalue weighted by Gasteiger charge is -2.39. The highest BCUT2D eigenvalue weighted by atomic mass is 32.2. The number of likely N-dealkylation sites (tertiary alicyclic amines) is 1. The minimum Gasteiger partial charge on any atom is -0.365 e. The fourth-order valence-electron chi connectivity index (χ4n) is 1.81. The third-order valence-electron chi connectivity index (χ3n) is 2.72. The van der Waals surface area contributed by atoms with Gasteiger partial charge >= 0.3 is 0 Å². The van der Waals surface area contributed by atoms with Crippen LogP contribution in [-0.2, 0) is 0 Å². The number of nitrogens with zero attached hydrogens (tertiary/aromatic N) is 3. The molecule has 2 rings (SSSR count). The third kappa shape index (κ3) is 3.09. The smallest absolute Gasteiger partial charge is 0.129 e. The molecule has 1 aromatic heterocycles. The summed E-state index contributed by atoms with van der Waals surface area (Å²) < 4.78 is 0. The van der Waals surface area contributed by atoms with Gasteiger partial charge in [-0.3, -0.25) is 4.90 Å². The SMILES string of the molecule is CSCCN1CC(Nc2cc(C)ncn2)C1. The van der Waals surface area contributed by atoms with Crippen molar-refractivity contribution in [1.82, 2.24) is 14.9 Å². The van der Waals surface area contributed by atoms with Crippen LogP contribution in [0.15, 0.2) is 12.4 Å². The van der Waals surface area contributed by atoms with Crippen molar-refractivity contribution in [2.45, 2.75) is 13.0 Å². The summed E-state index contributed by atoms with van der Waals surface area (Å²) in [6, 6.07) is 2.54. The van der Waals surface area contributed by atoms with E-state index in [0.717, 1.165) is 24.6 Å². The van der Waals surface area contributed by atoms with E-state index in [4.69, 9.17) is 0 Å². The first-order chi connectivity index (χ1) is 7.78. The van der Waals surface area contributed by atoms with Crippen molar-refractivity contribution in [3.8, 4) is 0 Å². The molecule has 1 saturated heterocycles. The molecule has 2 heterocycles. The molecule has 16 heavy (non-hydrogen) atoms. The maximum Gasteiger partial charge on any atom is 0.129 e. The average Bonchev–Trinajstić information content (AvgIpc) is 2.21. The Kier molecular flexibility index (Phi) is 4.01. The molecule has 1 aliphatic heterocycles. The predicted molar refractivity (Wildman–Crippen MR) is 69.0 cm³/mol. The van der Waals surface area contributed by atoms with Gasteiger partial charge in [-0.05, 0) is 13.2 Å². The maximum atomic E-state index is 4.20. The van der Waals surface area contributed by atoms with E-state index >= 15 is 0 Å². The van der Waals surface area contributed by atoms with Crippen LogP contribution in [0.1, 0.15) is 5.69 Å². The second kappa shape index (κ2) is 5.50. The largest absolute Gasteiger partial charge is 0.365 e. The van der Waals surface area contributed by atoms with Gasteiger partial charge in [-0.1, -0.05) is 0 Å². The monoisotopic (exact) mass is 238 g/mol. The fourth-order valence-corrected chi connectivity index (χ4v) is 2.25. The zero-order valence-corrected chi connectivity index (χ0v) is 10.6. The Bertz CT molecular complexity index is 339. The van der Waals surface area contributed by atoms with Crippen LogP contribution in [-0.4, -0.2) is 52.6 Å². The molecule has 1 aromatic rings. The maximum absolute atomic E-state index is 4.20. The predicted octanol–water partition coefficient (Wildman–Crippen LogP) is 1.24. The van der Waals surface area contributed by atoms with E-state index in [1.807, 2.05) is 24.8 Å². The number of hydrogen-bond donors (Lipinski definition) is 1. The van der Waals surface area contributed by atoms with Crippen LogP contribution in [0, 0.1) is 6.92 Å². The third-order valence-corrected chi connectivity index (χ3v) is 3.32. The van der Waals surface area contributed by atoms with Gasteiger partial charge in [0.1, 0.15) is 12.1 Å². The van der Waals surface area contributed by atoms with Crippen LogP contribution in [0.2, 0.25) is 0 Å². The van der Waals surface area contributed by atoms with Gasteiger partial charge < -0.3 is 5.32 Å². The second-order valence-corrected chi connectivity index (χ2v) is 5.12. The normalized spacial score (nSPS) is 17.1. The molecular weight excluding hydrogens is 220 g/mol. The van der Waals surface area contributed by atoms with E-state index in [-0.39, 0.29) is 0 Å². The van der Waals surface area contributed by atoms with Gasteiger partial charge in [0.05, 0.1) is 6.04 Å². The van der Waals surface area contributed by atoms with E-state index in [0.29, 0.717) is 6.04 Å². The first-order valence-corrected chi connectivity index (χ1v) is 6.94. The number of nitrogens with one attached hydrogen (secondary N) is 1. The van der Waals surface area contributed by atoms with Crippen molar-refractivity contribution >= 4 is 17.6 Å². The summed E-state index contributed by atoms with van der Waals surface area (Å²) in [5.41, 5.74) is 1.01. The molecule has 0 unspecified atom stereocenters. The molecule has 0 saturated carbocycles. The van der Waals surface area contributed by atoms with Crippen LogP contribution in [0.4, 0.5) is 5.82 Å². The van der Waals surface area contributed by atoms with Gasteiger partial charge in [0.2, 0.25) is 0 Å². The zero-order chi connectivity index (χ0) is 11.4. The van der Waals surface area contributed by atoms with Gasteiger partial charge in [-0.15, -0.1) is 0 Å². The number of aromatic nitrogens is 2. The molecule has 0 atom stereocenters. The second-order valence-electron chi connectivity index (χ2n) is 4.14. The highest BCUT2D eigenvalue weighted by Gasteiger charge is 2.25. The summed E-state index contributed by atoms with van der Waals surface area (Å²) in [4.78, 5) is 10.7. The molecule has 0 bridgehead atoms. The molecule has 5 heteroatoms. The fraction of sp³-hybridized carbons (Fsp3) is 0.636. The van der Waals surface area contributed by atoms with Gasteiger partial charge in [0, 0.05) is 37.1 Å². The van der Waals surface area contributed by atoms with Crippen molar-refractivity contribution in [2.75, 3.05) is 37.0 Å². The van der Waals surface area contributed by atoms with Crippen molar-refractivity contribution < 1.29 is 0 Å². The molecule has 1 aliphatic rings. The molecule has 0 spiro atoms. The van der Waals surface area contributed by atoms with E-state index < -0.39 is 0 Å². The lowest BCUT2D eigenvalue weighted by atomic mass is 10.1. The lowest BCUT2D eigenvalue weighted by Crippen LogP contribution is -2.55. The Labute approximate surface area is 101 Å². The van der Waals surface area contributed by atoms with Gasteiger partial charge in [-0.2, -0.15) is 11.8 Å². The number of anilines is 1. The topological polar surface area (TPSA) is 41.0 Å². The number of thioether (sulfide) groups is 1. The summed E-state index contributed by atoms with van der Waals surface area (Å²) in [7, 11) is 0. The van der Waals surface area contributed by atoms with Crippen LogP contribution in [0.5, 0.6) is 0 Å². The zero-order valence-electron chi connectivity index (χ0n) is 9.81. The highest BCUT2D eigenvalue weighted by Crippen LogP contribution is 2.13. The van der Waals surface area contributed by atoms with Crippen LogP contribution in [0.3, 0.4) is 0 Å². The van der Waals surface area contributed by atoms with Crippen LogP contribution >= 0.6 is 11.8 Å². The molecule has 1 N–H and O–H groups in total. The van der Waals surface area contributed by atoms with E-state index in [1.165, 1.54) is 12.3 Å². The standard InChI is InChI=1S/C11H18N4S/c1-9-5-11(13-8-12-9)14-10-6-15(7-10)3-4-16-2/h5,8,10H,3-4,6-7H2,1-2H3,(H,12,13,14). The average molecular weight is 238 g/mol. The Morgan fingerprint density at radius 2 is 2.31 bits per heavy atom. The van der Waals surface area contributed by atoms with Crippen LogP contribution < -0.4 is 5.32 Å². The number of hydrogen-bond acceptors (Lipinski definition) is 5. The van der Waals surface area contributed by atoms with Crippen molar-refractivity contribution in [3.05, 3.63) is 18.1 Å². The molecule has 1 fully saturated rings. The summed E-state index contributed by atoms with van der Waals surface area (Å²) in [5.74, 6) is 2.17. The number of aryl methyl sites for hydroxylation is 1. The summed E-state index contributed by atoms with van der Waals surface area (Å²) in [5, 5.41) is 3.43. The first kappa shape index (κ1) is 11.7. The highest BCUT2D eigenvalue weighted by molar-refractivity contribution is 7.98. The minimum atomic E-state index is 0.552. The quantitative estimate of drug-likeness (QED) is 0.836. The van der Waals surface area contributed by atoms with E-state index in [2.05, 4.69) is 26.4 Å². The first-order valence-electron chi connectivity index (χ1n) is 5.54. The summed E-state index contributed by atoms with van der Waals surface area (Å²) in [6.45, 7) is 5.44. The van der Waals surface area contributed by atoms with Gasteiger partial charge in [0.25, 0.3) is 0 Å². The molecule has 0 radical (unpaired) electrons. The van der Waals surface area contributed by atoms with Crippen molar-refractivity contribution in [3.63, 3.8) is 0 Å². The van der Waals surface area contributed by atoms with E-state index in [9.17, 15) is 0 Å². The molecule has 0 amide bonds. The van der Waals surface area contributed by atoms with E-state index in [1.54, 1.807) is 6.33 Å². The summed E-state index contributed by atoms with van der Waals surface area (Å²) >= 11 is 1.90. The summed E-state index contributed by atoms with van der Waals surface area (Å²) in [6.07, 6.45) is 3.76. The minimum absolute atomic E-state index is 0.552. The number of rotatable bonds is 5.